The molecule has 2 fully saturated rings. The topological polar surface area (TPSA) is 32.7 Å². The van der Waals surface area contributed by atoms with Gasteiger partial charge in [-0.1, -0.05) is 49.8 Å². The molecular formula is C20H26N2O. The first-order valence-electron chi connectivity index (χ1n) is 8.66. The second kappa shape index (κ2) is 6.69. The van der Waals surface area contributed by atoms with Crippen LogP contribution < -0.4 is 0 Å². The van der Waals surface area contributed by atoms with E-state index in [0.717, 1.165) is 37.9 Å². The van der Waals surface area contributed by atoms with E-state index in [1.54, 1.807) is 0 Å². The van der Waals surface area contributed by atoms with E-state index in [-0.39, 0.29) is 11.3 Å². The molecule has 0 N–H and O–H groups in total. The van der Waals surface area contributed by atoms with E-state index >= 15 is 0 Å². The third-order valence-corrected chi connectivity index (χ3v) is 5.40. The Morgan fingerprint density at radius 1 is 1.35 bits per heavy atom. The van der Waals surface area contributed by atoms with Crippen molar-refractivity contribution < 1.29 is 4.79 Å². The maximum Gasteiger partial charge on any atom is 0.235 e. The molecule has 3 rings (SSSR count). The summed E-state index contributed by atoms with van der Waals surface area (Å²) < 4.78 is 0. The van der Waals surface area contributed by atoms with Gasteiger partial charge >= 0.3 is 0 Å². The van der Waals surface area contributed by atoms with E-state index in [0.29, 0.717) is 19.0 Å². The number of benzene rings is 1. The van der Waals surface area contributed by atoms with Crippen molar-refractivity contribution in [1.29, 1.82) is 0 Å². The van der Waals surface area contributed by atoms with Crippen molar-refractivity contribution >= 4 is 11.6 Å². The summed E-state index contributed by atoms with van der Waals surface area (Å²) in [5, 5.41) is 0. The maximum atomic E-state index is 13.1. The van der Waals surface area contributed by atoms with Gasteiger partial charge in [0.15, 0.2) is 0 Å². The summed E-state index contributed by atoms with van der Waals surface area (Å²) in [6.45, 7) is 8.16. The van der Waals surface area contributed by atoms with Crippen molar-refractivity contribution in [2.24, 2.45) is 16.3 Å². The number of hydrogen-bond donors (Lipinski definition) is 0. The Morgan fingerprint density at radius 3 is 2.87 bits per heavy atom. The molecule has 2 atom stereocenters. The van der Waals surface area contributed by atoms with Crippen molar-refractivity contribution in [3.63, 3.8) is 0 Å². The van der Waals surface area contributed by atoms with Crippen LogP contribution in [0.2, 0.25) is 0 Å². The Bertz CT molecular complexity index is 607. The smallest absolute Gasteiger partial charge is 0.235 e. The number of carbonyl (C=O) groups excluding carboxylic acids is 1. The third kappa shape index (κ3) is 2.85. The molecule has 1 aromatic rings. The number of aliphatic imine (C=N–C) groups is 1. The fraction of sp³-hybridized carbons (Fsp3) is 0.500. The van der Waals surface area contributed by atoms with Gasteiger partial charge < -0.3 is 4.90 Å². The summed E-state index contributed by atoms with van der Waals surface area (Å²) in [5.74, 6) is 0.612. The highest BCUT2D eigenvalue weighted by molar-refractivity contribution is 6.10. The van der Waals surface area contributed by atoms with Gasteiger partial charge in [-0.15, -0.1) is 6.58 Å². The van der Waals surface area contributed by atoms with Gasteiger partial charge in [-0.3, -0.25) is 9.79 Å². The number of hydrogen-bond acceptors (Lipinski definition) is 2. The molecule has 1 saturated carbocycles. The van der Waals surface area contributed by atoms with E-state index in [1.807, 2.05) is 29.2 Å². The van der Waals surface area contributed by atoms with Crippen molar-refractivity contribution in [1.82, 2.24) is 4.90 Å². The van der Waals surface area contributed by atoms with Gasteiger partial charge in [0.25, 0.3) is 0 Å². The maximum absolute atomic E-state index is 13.1. The standard InChI is InChI=1S/C20H26N2O/c1-3-13-22-15-16(2)20(19(22)23)12-8-7-11-18(20)21-14-17-9-5-4-6-10-17/h3-6,9-10,16H,1,7-8,11-15H2,2H3/t16-,20+/m0/s1. The summed E-state index contributed by atoms with van der Waals surface area (Å²) in [6, 6.07) is 10.3. The zero-order valence-corrected chi connectivity index (χ0v) is 14.0. The molecule has 3 heteroatoms. The van der Waals surface area contributed by atoms with Gasteiger partial charge in [-0.25, -0.2) is 0 Å². The molecule has 1 aromatic carbocycles. The van der Waals surface area contributed by atoms with E-state index < -0.39 is 0 Å². The van der Waals surface area contributed by atoms with Gasteiger partial charge in [0, 0.05) is 18.8 Å². The summed E-state index contributed by atoms with van der Waals surface area (Å²) in [5.41, 5.74) is 1.99. The molecule has 0 bridgehead atoms. The van der Waals surface area contributed by atoms with Gasteiger partial charge in [-0.2, -0.15) is 0 Å². The largest absolute Gasteiger partial charge is 0.338 e. The first-order valence-corrected chi connectivity index (χ1v) is 8.66. The highest BCUT2D eigenvalue weighted by Crippen LogP contribution is 2.46. The monoisotopic (exact) mass is 310 g/mol. The number of nitrogens with zero attached hydrogens (tertiary/aromatic N) is 2. The fourth-order valence-electron chi connectivity index (χ4n) is 4.19. The third-order valence-electron chi connectivity index (χ3n) is 5.40. The molecule has 0 unspecified atom stereocenters. The minimum atomic E-state index is -0.351. The Labute approximate surface area is 139 Å². The lowest BCUT2D eigenvalue weighted by molar-refractivity contribution is -0.133. The molecule has 1 aliphatic carbocycles. The summed E-state index contributed by atoms with van der Waals surface area (Å²) in [7, 11) is 0. The van der Waals surface area contributed by atoms with Gasteiger partial charge in [0.05, 0.1) is 12.0 Å². The lowest BCUT2D eigenvalue weighted by Gasteiger charge is -2.36. The molecule has 3 nitrogen and oxygen atoms in total. The molecule has 122 valence electrons. The lowest BCUT2D eigenvalue weighted by atomic mass is 9.66. The number of likely N-dealkylation sites (tertiary alicyclic amines) is 1. The highest BCUT2D eigenvalue weighted by Gasteiger charge is 2.55. The lowest BCUT2D eigenvalue weighted by Crippen LogP contribution is -2.45. The molecule has 1 saturated heterocycles. The normalized spacial score (nSPS) is 29.4. The second-order valence-electron chi connectivity index (χ2n) is 6.83. The van der Waals surface area contributed by atoms with Crippen LogP contribution in [0.4, 0.5) is 0 Å². The predicted molar refractivity (Wildman–Crippen MR) is 94.4 cm³/mol. The van der Waals surface area contributed by atoms with E-state index in [9.17, 15) is 4.79 Å². The average molecular weight is 310 g/mol. The predicted octanol–water partition coefficient (Wildman–Crippen LogP) is 3.85. The van der Waals surface area contributed by atoms with Gasteiger partial charge in [0.2, 0.25) is 5.91 Å². The van der Waals surface area contributed by atoms with Crippen LogP contribution in [-0.2, 0) is 11.3 Å². The Morgan fingerprint density at radius 2 is 2.13 bits per heavy atom. The first kappa shape index (κ1) is 16.0. The summed E-state index contributed by atoms with van der Waals surface area (Å²) >= 11 is 0. The molecule has 1 aliphatic heterocycles. The van der Waals surface area contributed by atoms with Crippen LogP contribution in [0.25, 0.3) is 0 Å². The van der Waals surface area contributed by atoms with Gasteiger partial charge in [0.1, 0.15) is 0 Å². The van der Waals surface area contributed by atoms with Crippen molar-refractivity contribution in [2.75, 3.05) is 13.1 Å². The van der Waals surface area contributed by atoms with Gasteiger partial charge in [-0.05, 0) is 30.7 Å². The van der Waals surface area contributed by atoms with Crippen LogP contribution in [0, 0.1) is 11.3 Å². The van der Waals surface area contributed by atoms with E-state index in [1.165, 1.54) is 5.56 Å². The Hall–Kier alpha value is -1.90. The number of rotatable bonds is 4. The molecule has 0 radical (unpaired) electrons. The summed E-state index contributed by atoms with van der Waals surface area (Å²) in [6.07, 6.45) is 6.02. The van der Waals surface area contributed by atoms with Crippen LogP contribution in [0.15, 0.2) is 48.0 Å². The molecule has 2 aliphatic rings. The Kier molecular flexibility index (Phi) is 4.65. The van der Waals surface area contributed by atoms with Crippen molar-refractivity contribution in [3.05, 3.63) is 48.6 Å². The van der Waals surface area contributed by atoms with Crippen LogP contribution in [0.5, 0.6) is 0 Å². The van der Waals surface area contributed by atoms with Crippen molar-refractivity contribution in [3.8, 4) is 0 Å². The Balaban J connectivity index is 1.88. The minimum Gasteiger partial charge on any atom is -0.338 e. The minimum absolute atomic E-state index is 0.274. The van der Waals surface area contributed by atoms with Crippen LogP contribution >= 0.6 is 0 Å². The number of amides is 1. The van der Waals surface area contributed by atoms with Crippen LogP contribution in [-0.4, -0.2) is 29.6 Å². The van der Waals surface area contributed by atoms with Crippen molar-refractivity contribution in [2.45, 2.75) is 39.2 Å². The average Bonchev–Trinajstić information content (AvgIpc) is 2.81. The zero-order chi connectivity index (χ0) is 16.3. The second-order valence-corrected chi connectivity index (χ2v) is 6.83. The zero-order valence-electron chi connectivity index (χ0n) is 14.0. The summed E-state index contributed by atoms with van der Waals surface area (Å²) in [4.78, 5) is 20.0. The van der Waals surface area contributed by atoms with E-state index in [2.05, 4.69) is 25.6 Å². The molecule has 23 heavy (non-hydrogen) atoms. The van der Waals surface area contributed by atoms with E-state index in [4.69, 9.17) is 4.99 Å². The fourth-order valence-corrected chi connectivity index (χ4v) is 4.19. The quantitative estimate of drug-likeness (QED) is 0.777. The first-order chi connectivity index (χ1) is 11.2. The number of carbonyl (C=O) groups is 1. The molecule has 1 spiro atoms. The van der Waals surface area contributed by atoms with Crippen LogP contribution in [0.1, 0.15) is 38.2 Å². The molecule has 1 heterocycles. The SMILES string of the molecule is C=CCN1C[C@H](C)[C@@]2(CCCCC2=NCc2ccccc2)C1=O. The molecule has 0 aromatic heterocycles. The highest BCUT2D eigenvalue weighted by atomic mass is 16.2. The molecular weight excluding hydrogens is 284 g/mol. The molecule has 1 amide bonds. The van der Waals surface area contributed by atoms with Crippen LogP contribution in [0.3, 0.4) is 0 Å².